The average molecular weight is 694 g/mol. The smallest absolute Gasteiger partial charge is 0.489 e. The molecule has 0 bridgehead atoms. The van der Waals surface area contributed by atoms with E-state index in [4.69, 9.17) is 29.7 Å². The summed E-state index contributed by atoms with van der Waals surface area (Å²) in [5, 5.41) is 24.0. The number of rotatable bonds is 7. The van der Waals surface area contributed by atoms with Crippen molar-refractivity contribution in [1.29, 1.82) is 0 Å². The number of benzene rings is 2. The van der Waals surface area contributed by atoms with Gasteiger partial charge in [-0.2, -0.15) is 26.3 Å². The number of nitrogens with one attached hydrogen (secondary N) is 1. The van der Waals surface area contributed by atoms with Crippen molar-refractivity contribution in [3.63, 3.8) is 0 Å². The summed E-state index contributed by atoms with van der Waals surface area (Å²) in [6.45, 7) is 6.27. The Balaban J connectivity index is 0.000000479. The number of carboxylic acid groups (broad SMARTS) is 2. The van der Waals surface area contributed by atoms with Crippen LogP contribution in [0.25, 0.3) is 10.9 Å². The number of aromatic nitrogens is 1. The molecular formula is C30H30F7N3O8. The number of likely N-dealkylation sites (tertiary alicyclic amines) is 1. The number of ether oxygens (including phenoxy) is 1. The van der Waals surface area contributed by atoms with Crippen LogP contribution in [0.1, 0.15) is 43.0 Å². The average Bonchev–Trinajstić information content (AvgIpc) is 3.36. The Labute approximate surface area is 267 Å². The number of amides is 2. The fourth-order valence-electron chi connectivity index (χ4n) is 4.65. The normalized spacial score (nSPS) is 15.2. The molecule has 1 aliphatic heterocycles. The number of fused-ring (bicyclic) bond motifs is 1. The van der Waals surface area contributed by atoms with E-state index < -0.39 is 36.2 Å². The molecule has 1 fully saturated rings. The molecule has 2 unspecified atom stereocenters. The molecule has 2 aromatic carbocycles. The van der Waals surface area contributed by atoms with Crippen molar-refractivity contribution in [1.82, 2.24) is 15.4 Å². The summed E-state index contributed by atoms with van der Waals surface area (Å²) >= 11 is 0. The van der Waals surface area contributed by atoms with Gasteiger partial charge in [0.2, 0.25) is 5.91 Å². The predicted octanol–water partition coefficient (Wildman–Crippen LogP) is 5.37. The topological polar surface area (TPSA) is 166 Å². The van der Waals surface area contributed by atoms with Gasteiger partial charge in [-0.05, 0) is 61.2 Å². The summed E-state index contributed by atoms with van der Waals surface area (Å²) in [5.41, 5.74) is 4.91. The van der Waals surface area contributed by atoms with E-state index in [-0.39, 0.29) is 30.2 Å². The molecule has 1 aliphatic rings. The van der Waals surface area contributed by atoms with E-state index in [9.17, 15) is 40.3 Å². The minimum atomic E-state index is -5.08. The molecule has 0 radical (unpaired) electrons. The van der Waals surface area contributed by atoms with Crippen LogP contribution in [-0.4, -0.2) is 74.0 Å². The molecular weight excluding hydrogens is 663 g/mol. The largest absolute Gasteiger partial charge is 0.490 e. The molecule has 2 heterocycles. The molecule has 4 rings (SSSR count). The monoisotopic (exact) mass is 693 g/mol. The van der Waals surface area contributed by atoms with E-state index >= 15 is 0 Å². The first-order valence-electron chi connectivity index (χ1n) is 13.8. The molecule has 0 spiro atoms. The van der Waals surface area contributed by atoms with Crippen molar-refractivity contribution in [2.24, 2.45) is 5.92 Å². The highest BCUT2D eigenvalue weighted by Gasteiger charge is 2.41. The number of carbonyl (C=O) groups excluding carboxylic acids is 2. The molecule has 18 heteroatoms. The van der Waals surface area contributed by atoms with Crippen molar-refractivity contribution in [3.8, 4) is 5.75 Å². The first-order valence-corrected chi connectivity index (χ1v) is 13.8. The summed E-state index contributed by atoms with van der Waals surface area (Å²) < 4.78 is 83.2. The lowest BCUT2D eigenvalue weighted by Crippen LogP contribution is -2.50. The second-order valence-corrected chi connectivity index (χ2v) is 10.6. The van der Waals surface area contributed by atoms with Gasteiger partial charge in [-0.25, -0.2) is 19.5 Å². The van der Waals surface area contributed by atoms with Gasteiger partial charge in [0, 0.05) is 23.2 Å². The maximum absolute atomic E-state index is 13.8. The number of aryl methyl sites for hydroxylation is 1. The van der Waals surface area contributed by atoms with Crippen molar-refractivity contribution >= 4 is 34.7 Å². The molecule has 4 N–H and O–H groups in total. The van der Waals surface area contributed by atoms with E-state index in [1.165, 1.54) is 12.1 Å². The van der Waals surface area contributed by atoms with Gasteiger partial charge in [0.1, 0.15) is 24.2 Å². The number of hydroxylamine groups is 1. The second kappa shape index (κ2) is 16.2. The zero-order valence-corrected chi connectivity index (χ0v) is 25.4. The number of halogens is 7. The van der Waals surface area contributed by atoms with Gasteiger partial charge in [-0.3, -0.25) is 19.8 Å². The Morgan fingerprint density at radius 2 is 1.52 bits per heavy atom. The maximum Gasteiger partial charge on any atom is 0.490 e. The number of pyridine rings is 1. The van der Waals surface area contributed by atoms with Crippen molar-refractivity contribution in [3.05, 3.63) is 71.2 Å². The molecule has 1 aromatic heterocycles. The number of hydrogen-bond acceptors (Lipinski definition) is 7. The van der Waals surface area contributed by atoms with Gasteiger partial charge in [0.05, 0.1) is 11.4 Å². The van der Waals surface area contributed by atoms with Crippen LogP contribution < -0.4 is 10.2 Å². The second-order valence-electron chi connectivity index (χ2n) is 10.6. The summed E-state index contributed by atoms with van der Waals surface area (Å²) in [7, 11) is 0. The van der Waals surface area contributed by atoms with Crippen LogP contribution in [0, 0.1) is 18.7 Å². The van der Waals surface area contributed by atoms with E-state index in [0.717, 1.165) is 16.8 Å². The first-order chi connectivity index (χ1) is 22.2. The number of carbonyl (C=O) groups is 4. The lowest BCUT2D eigenvalue weighted by atomic mass is 9.97. The van der Waals surface area contributed by atoms with Gasteiger partial charge in [-0.1, -0.05) is 26.0 Å². The Hall–Kier alpha value is -5.00. The van der Waals surface area contributed by atoms with E-state index in [2.05, 4.69) is 4.98 Å². The minimum Gasteiger partial charge on any atom is -0.489 e. The number of nitrogens with zero attached hydrogens (tertiary/aromatic N) is 2. The summed E-state index contributed by atoms with van der Waals surface area (Å²) in [5.74, 6) is -6.40. The van der Waals surface area contributed by atoms with Crippen molar-refractivity contribution in [2.75, 3.05) is 6.54 Å². The number of carboxylic acids is 2. The molecule has 2 atom stereocenters. The van der Waals surface area contributed by atoms with E-state index in [1.807, 2.05) is 51.1 Å². The molecule has 0 saturated carbocycles. The fourth-order valence-corrected chi connectivity index (χ4v) is 4.65. The quantitative estimate of drug-likeness (QED) is 0.145. The predicted molar refractivity (Wildman–Crippen MR) is 152 cm³/mol. The summed E-state index contributed by atoms with van der Waals surface area (Å²) in [6.07, 6.45) is -9.57. The Morgan fingerprint density at radius 3 is 2.00 bits per heavy atom. The number of alkyl halides is 6. The van der Waals surface area contributed by atoms with Gasteiger partial charge in [0.25, 0.3) is 5.91 Å². The maximum atomic E-state index is 13.8. The van der Waals surface area contributed by atoms with Crippen LogP contribution in [-0.2, 0) is 25.8 Å². The molecule has 262 valence electrons. The summed E-state index contributed by atoms with van der Waals surface area (Å²) in [4.78, 5) is 48.9. The zero-order chi connectivity index (χ0) is 36.6. The van der Waals surface area contributed by atoms with Crippen molar-refractivity contribution < 1.29 is 70.1 Å². The van der Waals surface area contributed by atoms with Crippen LogP contribution in [0.2, 0.25) is 0 Å². The zero-order valence-electron chi connectivity index (χ0n) is 25.4. The van der Waals surface area contributed by atoms with E-state index in [0.29, 0.717) is 29.6 Å². The molecule has 0 aliphatic carbocycles. The van der Waals surface area contributed by atoms with Crippen LogP contribution >= 0.6 is 0 Å². The lowest BCUT2D eigenvalue weighted by Gasteiger charge is -2.29. The third kappa shape index (κ3) is 10.8. The van der Waals surface area contributed by atoms with Gasteiger partial charge in [-0.15, -0.1) is 0 Å². The highest BCUT2D eigenvalue weighted by molar-refractivity contribution is 5.92. The molecule has 1 saturated heterocycles. The SMILES string of the molecule is Cc1cc(COc2ccc(C3CCN(C(C(=O)NO)C(C)C)C3=O)cc2)c2cc(F)ccc2n1.O=C(O)C(F)(F)F.O=C(O)C(F)(F)F. The standard InChI is InChI=1S/C26H28FN3O4.2C2HF3O2/c1-15(2)24(25(31)29-33)30-11-10-21(26(30)32)17-4-7-20(8-5-17)34-14-18-12-16(3)28-23-9-6-19(27)13-22(18)23;2*3-2(4,5)1(6)7/h4-9,12-13,15,21,24,33H,10-11,14H2,1-3H3,(H,29,31);2*(H,6,7). The molecule has 48 heavy (non-hydrogen) atoms. The van der Waals surface area contributed by atoms with Crippen LogP contribution in [0.5, 0.6) is 5.75 Å². The van der Waals surface area contributed by atoms with E-state index in [1.54, 1.807) is 16.4 Å². The Kier molecular flexibility index (Phi) is 13.2. The molecule has 3 aromatic rings. The highest BCUT2D eigenvalue weighted by Crippen LogP contribution is 2.33. The first kappa shape index (κ1) is 39.2. The van der Waals surface area contributed by atoms with Crippen LogP contribution in [0.4, 0.5) is 30.7 Å². The van der Waals surface area contributed by atoms with Gasteiger partial charge < -0.3 is 19.8 Å². The highest BCUT2D eigenvalue weighted by atomic mass is 19.4. The lowest BCUT2D eigenvalue weighted by molar-refractivity contribution is -0.193. The Morgan fingerprint density at radius 1 is 0.979 bits per heavy atom. The van der Waals surface area contributed by atoms with Crippen molar-refractivity contribution in [2.45, 2.75) is 58.1 Å². The third-order valence-electron chi connectivity index (χ3n) is 6.73. The van der Waals surface area contributed by atoms with Crippen LogP contribution in [0.3, 0.4) is 0 Å². The minimum absolute atomic E-state index is 0.128. The number of aliphatic carboxylic acids is 2. The fraction of sp³-hybridized carbons (Fsp3) is 0.367. The van der Waals surface area contributed by atoms with Gasteiger partial charge >= 0.3 is 24.3 Å². The summed E-state index contributed by atoms with van der Waals surface area (Å²) in [6, 6.07) is 13.0. The Bertz CT molecular complexity index is 1590. The molecule has 11 nitrogen and oxygen atoms in total. The van der Waals surface area contributed by atoms with Crippen LogP contribution in [0.15, 0.2) is 48.5 Å². The third-order valence-corrected chi connectivity index (χ3v) is 6.73. The molecule has 2 amide bonds. The number of hydrogen-bond donors (Lipinski definition) is 4. The van der Waals surface area contributed by atoms with Gasteiger partial charge in [0.15, 0.2) is 0 Å².